The Labute approximate surface area is 125 Å². The van der Waals surface area contributed by atoms with Crippen molar-refractivity contribution in [2.75, 3.05) is 6.54 Å². The molecule has 2 aliphatic carbocycles. The minimum Gasteiger partial charge on any atom is -0.313 e. The number of fused-ring (bicyclic) bond motifs is 2. The Kier molecular flexibility index (Phi) is 3.48. The third kappa shape index (κ3) is 2.36. The van der Waals surface area contributed by atoms with Gasteiger partial charge in [0.1, 0.15) is 0 Å². The van der Waals surface area contributed by atoms with Gasteiger partial charge in [0, 0.05) is 17.5 Å². The van der Waals surface area contributed by atoms with E-state index in [4.69, 9.17) is 11.6 Å². The molecular formula is C16H24ClNS. The summed E-state index contributed by atoms with van der Waals surface area (Å²) in [6, 6.07) is 4.83. The first kappa shape index (κ1) is 13.9. The van der Waals surface area contributed by atoms with Gasteiger partial charge >= 0.3 is 0 Å². The van der Waals surface area contributed by atoms with Crippen molar-refractivity contribution in [2.45, 2.75) is 52.5 Å². The van der Waals surface area contributed by atoms with Crippen LogP contribution in [0.25, 0.3) is 0 Å². The van der Waals surface area contributed by atoms with E-state index in [0.717, 1.165) is 23.2 Å². The van der Waals surface area contributed by atoms with Crippen molar-refractivity contribution in [1.82, 2.24) is 5.32 Å². The molecule has 0 spiro atoms. The van der Waals surface area contributed by atoms with E-state index >= 15 is 0 Å². The summed E-state index contributed by atoms with van der Waals surface area (Å²) in [6.07, 6.45) is 5.36. The summed E-state index contributed by atoms with van der Waals surface area (Å²) in [6.45, 7) is 8.48. The standard InChI is InChI=1S/C16H24ClNS/c1-15(2)11-6-8-16(3,10-11)14(15)18-9-7-12-4-5-13(17)19-12/h4-5,11,14,18H,6-10H2,1-3H3. The summed E-state index contributed by atoms with van der Waals surface area (Å²) in [4.78, 5) is 1.39. The second kappa shape index (κ2) is 4.75. The van der Waals surface area contributed by atoms with Gasteiger partial charge in [-0.2, -0.15) is 0 Å². The smallest absolute Gasteiger partial charge is 0.0931 e. The zero-order valence-corrected chi connectivity index (χ0v) is 13.7. The molecule has 2 saturated carbocycles. The third-order valence-corrected chi connectivity index (χ3v) is 6.91. The van der Waals surface area contributed by atoms with Crippen LogP contribution in [0.2, 0.25) is 4.34 Å². The van der Waals surface area contributed by atoms with Crippen LogP contribution in [0.1, 0.15) is 44.9 Å². The lowest BCUT2D eigenvalue weighted by atomic mass is 9.68. The maximum absolute atomic E-state index is 5.98. The molecule has 0 aromatic carbocycles. The number of rotatable bonds is 4. The second-order valence-corrected chi connectivity index (χ2v) is 9.06. The first-order chi connectivity index (χ1) is 8.92. The molecule has 1 nitrogen and oxygen atoms in total. The number of nitrogens with one attached hydrogen (secondary N) is 1. The van der Waals surface area contributed by atoms with Gasteiger partial charge in [0.2, 0.25) is 0 Å². The van der Waals surface area contributed by atoms with E-state index in [0.29, 0.717) is 16.9 Å². The number of hydrogen-bond donors (Lipinski definition) is 1. The number of halogens is 1. The quantitative estimate of drug-likeness (QED) is 0.846. The van der Waals surface area contributed by atoms with E-state index in [1.54, 1.807) is 11.3 Å². The second-order valence-electron chi connectivity index (χ2n) is 7.26. The van der Waals surface area contributed by atoms with Crippen LogP contribution >= 0.6 is 22.9 Å². The average Bonchev–Trinajstić information content (AvgIpc) is 2.95. The van der Waals surface area contributed by atoms with Crippen LogP contribution in [-0.4, -0.2) is 12.6 Å². The normalized spacial score (nSPS) is 36.0. The Morgan fingerprint density at radius 1 is 1.37 bits per heavy atom. The van der Waals surface area contributed by atoms with Crippen molar-refractivity contribution in [2.24, 2.45) is 16.7 Å². The molecular weight excluding hydrogens is 274 g/mol. The highest BCUT2D eigenvalue weighted by Crippen LogP contribution is 2.62. The number of hydrogen-bond acceptors (Lipinski definition) is 2. The van der Waals surface area contributed by atoms with Crippen LogP contribution in [0.4, 0.5) is 0 Å². The van der Waals surface area contributed by atoms with Gasteiger partial charge in [-0.15, -0.1) is 11.3 Å². The fraction of sp³-hybridized carbons (Fsp3) is 0.750. The Balaban J connectivity index is 1.60. The van der Waals surface area contributed by atoms with Gasteiger partial charge in [-0.25, -0.2) is 0 Å². The minimum atomic E-state index is 0.458. The van der Waals surface area contributed by atoms with Crippen molar-refractivity contribution < 1.29 is 0 Å². The van der Waals surface area contributed by atoms with Crippen molar-refractivity contribution in [3.05, 3.63) is 21.3 Å². The van der Waals surface area contributed by atoms with Crippen LogP contribution in [0.3, 0.4) is 0 Å². The largest absolute Gasteiger partial charge is 0.313 e. The minimum absolute atomic E-state index is 0.458. The van der Waals surface area contributed by atoms with E-state index in [2.05, 4.69) is 32.2 Å². The maximum atomic E-state index is 5.98. The van der Waals surface area contributed by atoms with E-state index < -0.39 is 0 Å². The zero-order valence-electron chi connectivity index (χ0n) is 12.1. The van der Waals surface area contributed by atoms with Crippen LogP contribution in [0, 0.1) is 16.7 Å². The topological polar surface area (TPSA) is 12.0 Å². The Morgan fingerprint density at radius 3 is 2.74 bits per heavy atom. The summed E-state index contributed by atoms with van der Waals surface area (Å²) < 4.78 is 0.905. The summed E-state index contributed by atoms with van der Waals surface area (Å²) in [5, 5.41) is 3.87. The Morgan fingerprint density at radius 2 is 2.16 bits per heavy atom. The molecule has 0 saturated heterocycles. The van der Waals surface area contributed by atoms with Gasteiger partial charge in [0.15, 0.2) is 0 Å². The predicted octanol–water partition coefficient (Wildman–Crippen LogP) is 4.75. The van der Waals surface area contributed by atoms with Crippen molar-refractivity contribution in [3.63, 3.8) is 0 Å². The molecule has 1 aromatic heterocycles. The highest BCUT2D eigenvalue weighted by atomic mass is 35.5. The molecule has 2 bridgehead atoms. The SMILES string of the molecule is CC12CCC(C1)C(C)(C)C2NCCc1ccc(Cl)s1. The first-order valence-electron chi connectivity index (χ1n) is 7.39. The number of thiophene rings is 1. The lowest BCUT2D eigenvalue weighted by molar-refractivity contribution is 0.110. The molecule has 3 rings (SSSR count). The monoisotopic (exact) mass is 297 g/mol. The summed E-state index contributed by atoms with van der Waals surface area (Å²) in [5.74, 6) is 0.922. The summed E-state index contributed by atoms with van der Waals surface area (Å²) >= 11 is 7.69. The van der Waals surface area contributed by atoms with E-state index in [1.807, 2.05) is 6.07 Å². The molecule has 3 heteroatoms. The lowest BCUT2D eigenvalue weighted by Gasteiger charge is -2.43. The van der Waals surface area contributed by atoms with Crippen LogP contribution in [-0.2, 0) is 6.42 Å². The Bertz CT molecular complexity index is 462. The van der Waals surface area contributed by atoms with Gasteiger partial charge in [0.25, 0.3) is 0 Å². The van der Waals surface area contributed by atoms with Crippen molar-refractivity contribution >= 4 is 22.9 Å². The van der Waals surface area contributed by atoms with E-state index in [1.165, 1.54) is 24.1 Å². The third-order valence-electron chi connectivity index (χ3n) is 5.62. The fourth-order valence-electron chi connectivity index (χ4n) is 4.64. The molecule has 19 heavy (non-hydrogen) atoms. The van der Waals surface area contributed by atoms with Crippen molar-refractivity contribution in [3.8, 4) is 0 Å². The van der Waals surface area contributed by atoms with Gasteiger partial charge in [-0.1, -0.05) is 32.4 Å². The molecule has 1 heterocycles. The van der Waals surface area contributed by atoms with Crippen LogP contribution in [0.5, 0.6) is 0 Å². The molecule has 2 aliphatic rings. The highest BCUT2D eigenvalue weighted by molar-refractivity contribution is 7.16. The van der Waals surface area contributed by atoms with E-state index in [9.17, 15) is 0 Å². The Hall–Kier alpha value is -0.0500. The molecule has 1 N–H and O–H groups in total. The van der Waals surface area contributed by atoms with Crippen LogP contribution in [0.15, 0.2) is 12.1 Å². The predicted molar refractivity (Wildman–Crippen MR) is 84.1 cm³/mol. The molecule has 0 radical (unpaired) electrons. The molecule has 3 atom stereocenters. The average molecular weight is 298 g/mol. The molecule has 1 aromatic rings. The molecule has 0 amide bonds. The molecule has 0 aliphatic heterocycles. The van der Waals surface area contributed by atoms with Gasteiger partial charge in [-0.3, -0.25) is 0 Å². The lowest BCUT2D eigenvalue weighted by Crippen LogP contribution is -2.50. The zero-order chi connectivity index (χ0) is 13.7. The summed E-state index contributed by atoms with van der Waals surface area (Å²) in [5.41, 5.74) is 0.987. The molecule has 2 fully saturated rings. The fourth-order valence-corrected chi connectivity index (χ4v) is 5.72. The molecule has 106 valence electrons. The molecule has 3 unspecified atom stereocenters. The van der Waals surface area contributed by atoms with Crippen molar-refractivity contribution in [1.29, 1.82) is 0 Å². The van der Waals surface area contributed by atoms with E-state index in [-0.39, 0.29) is 0 Å². The summed E-state index contributed by atoms with van der Waals surface area (Å²) in [7, 11) is 0. The van der Waals surface area contributed by atoms with Gasteiger partial charge < -0.3 is 5.32 Å². The maximum Gasteiger partial charge on any atom is 0.0931 e. The van der Waals surface area contributed by atoms with Gasteiger partial charge in [-0.05, 0) is 54.6 Å². The van der Waals surface area contributed by atoms with Crippen LogP contribution < -0.4 is 5.32 Å². The first-order valence-corrected chi connectivity index (χ1v) is 8.59. The highest BCUT2D eigenvalue weighted by Gasteiger charge is 2.58. The van der Waals surface area contributed by atoms with Gasteiger partial charge in [0.05, 0.1) is 4.34 Å².